The highest BCUT2D eigenvalue weighted by atomic mass is 35.5. The predicted molar refractivity (Wildman–Crippen MR) is 107 cm³/mol. The summed E-state index contributed by atoms with van der Waals surface area (Å²) >= 11 is 5.96. The summed E-state index contributed by atoms with van der Waals surface area (Å²) < 4.78 is 25.7. The number of halogens is 1. The molecule has 8 heteroatoms. The topological polar surface area (TPSA) is 86.7 Å². The molecule has 0 saturated carbocycles. The normalized spacial score (nSPS) is 24.1. The summed E-state index contributed by atoms with van der Waals surface area (Å²) in [5.41, 5.74) is -0.966. The number of piperidine rings is 1. The van der Waals surface area contributed by atoms with E-state index in [2.05, 4.69) is 4.72 Å². The molecule has 0 unspecified atom stereocenters. The molecule has 0 bridgehead atoms. The zero-order chi connectivity index (χ0) is 20.6. The van der Waals surface area contributed by atoms with Crippen molar-refractivity contribution in [3.8, 4) is 0 Å². The highest BCUT2D eigenvalue weighted by molar-refractivity contribution is 7.88. The van der Waals surface area contributed by atoms with Crippen LogP contribution in [0.5, 0.6) is 0 Å². The van der Waals surface area contributed by atoms with Crippen LogP contribution < -0.4 is 4.72 Å². The van der Waals surface area contributed by atoms with Gasteiger partial charge in [-0.1, -0.05) is 51.4 Å². The molecule has 1 aliphatic rings. The summed E-state index contributed by atoms with van der Waals surface area (Å²) in [7, 11) is -3.51. The van der Waals surface area contributed by atoms with Gasteiger partial charge < -0.3 is 10.0 Å². The Kier molecular flexibility index (Phi) is 6.31. The molecule has 1 saturated heterocycles. The van der Waals surface area contributed by atoms with Gasteiger partial charge in [0.2, 0.25) is 15.9 Å². The van der Waals surface area contributed by atoms with Crippen LogP contribution in [-0.2, 0) is 20.4 Å². The van der Waals surface area contributed by atoms with Gasteiger partial charge in [-0.25, -0.2) is 13.1 Å². The third kappa shape index (κ3) is 4.83. The van der Waals surface area contributed by atoms with E-state index >= 15 is 0 Å². The average Bonchev–Trinajstić information content (AvgIpc) is 2.54. The molecule has 27 heavy (non-hydrogen) atoms. The fourth-order valence-electron chi connectivity index (χ4n) is 3.67. The lowest BCUT2D eigenvalue weighted by Gasteiger charge is -2.51. The lowest BCUT2D eigenvalue weighted by atomic mass is 9.66. The van der Waals surface area contributed by atoms with Crippen LogP contribution in [0.3, 0.4) is 0 Å². The highest BCUT2D eigenvalue weighted by Crippen LogP contribution is 2.46. The first-order chi connectivity index (χ1) is 12.3. The van der Waals surface area contributed by atoms with Crippen LogP contribution in [0.2, 0.25) is 5.02 Å². The maximum absolute atomic E-state index is 13.0. The first-order valence-electron chi connectivity index (χ1n) is 9.01. The minimum atomic E-state index is -3.51. The molecule has 152 valence electrons. The van der Waals surface area contributed by atoms with Gasteiger partial charge in [-0.15, -0.1) is 0 Å². The third-order valence-electron chi connectivity index (χ3n) is 5.36. The van der Waals surface area contributed by atoms with E-state index in [1.165, 1.54) is 0 Å². The van der Waals surface area contributed by atoms with Crippen LogP contribution in [0.25, 0.3) is 0 Å². The second-order valence-corrected chi connectivity index (χ2v) is 10.6. The second kappa shape index (κ2) is 7.70. The van der Waals surface area contributed by atoms with Crippen molar-refractivity contribution in [3.05, 3.63) is 34.9 Å². The minimum Gasteiger partial charge on any atom is -0.384 e. The van der Waals surface area contributed by atoms with Gasteiger partial charge in [0.1, 0.15) is 6.04 Å². The Balaban J connectivity index is 2.25. The Hall–Kier alpha value is -1.15. The number of rotatable bonds is 5. The maximum atomic E-state index is 13.0. The van der Waals surface area contributed by atoms with Crippen molar-refractivity contribution in [2.45, 2.75) is 45.8 Å². The summed E-state index contributed by atoms with van der Waals surface area (Å²) in [5.74, 6) is -0.450. The fraction of sp³-hybridized carbons (Fsp3) is 0.632. The summed E-state index contributed by atoms with van der Waals surface area (Å²) in [6.45, 7) is 8.10. The fourth-order valence-corrected chi connectivity index (χ4v) is 4.63. The number of nitrogens with zero attached hydrogens (tertiary/aromatic N) is 1. The van der Waals surface area contributed by atoms with Crippen molar-refractivity contribution < 1.29 is 18.3 Å². The van der Waals surface area contributed by atoms with Gasteiger partial charge in [0.05, 0.1) is 11.9 Å². The van der Waals surface area contributed by atoms with E-state index in [-0.39, 0.29) is 11.8 Å². The largest absolute Gasteiger partial charge is 0.384 e. The number of hydrogen-bond donors (Lipinski definition) is 2. The van der Waals surface area contributed by atoms with Gasteiger partial charge in [-0.3, -0.25) is 4.79 Å². The van der Waals surface area contributed by atoms with E-state index in [9.17, 15) is 18.3 Å². The number of aliphatic hydroxyl groups is 1. The molecule has 2 atom stereocenters. The highest BCUT2D eigenvalue weighted by Gasteiger charge is 2.50. The summed E-state index contributed by atoms with van der Waals surface area (Å²) in [6.07, 6.45) is 1.41. The lowest BCUT2D eigenvalue weighted by molar-refractivity contribution is -0.155. The smallest absolute Gasteiger partial charge is 0.241 e. The monoisotopic (exact) mass is 416 g/mol. The Labute approximate surface area is 166 Å². The van der Waals surface area contributed by atoms with Crippen LogP contribution in [0.1, 0.15) is 39.7 Å². The number of carbonyl (C=O) groups excluding carboxylic acids is 1. The molecule has 0 spiro atoms. The maximum Gasteiger partial charge on any atom is 0.241 e. The average molecular weight is 417 g/mol. The molecule has 1 heterocycles. The van der Waals surface area contributed by atoms with Crippen LogP contribution in [0.15, 0.2) is 24.3 Å². The minimum absolute atomic E-state index is 0.188. The Bertz CT molecular complexity index is 792. The summed E-state index contributed by atoms with van der Waals surface area (Å²) in [6, 6.07) is 6.28. The van der Waals surface area contributed by atoms with Crippen LogP contribution in [0, 0.1) is 11.3 Å². The van der Waals surface area contributed by atoms with E-state index in [0.29, 0.717) is 24.5 Å². The Morgan fingerprint density at radius 1 is 1.26 bits per heavy atom. The van der Waals surface area contributed by atoms with Gasteiger partial charge >= 0.3 is 0 Å². The Morgan fingerprint density at radius 3 is 2.26 bits per heavy atom. The third-order valence-corrected chi connectivity index (χ3v) is 6.29. The standard InChI is InChI=1S/C19H29ClN2O4S/c1-13(2)16(21-27(5,25)26)17(23)22-11-10-19(24,18(3,4)12-22)14-6-8-15(20)9-7-14/h6-9,13,16,21,24H,10-12H2,1-5H3/t16-,19+/m1/s1. The molecule has 2 N–H and O–H groups in total. The van der Waals surface area contributed by atoms with Crippen molar-refractivity contribution in [2.24, 2.45) is 11.3 Å². The van der Waals surface area contributed by atoms with Crippen molar-refractivity contribution in [1.29, 1.82) is 0 Å². The molecule has 0 aromatic heterocycles. The molecule has 1 aromatic carbocycles. The van der Waals surface area contributed by atoms with E-state index in [4.69, 9.17) is 11.6 Å². The van der Waals surface area contributed by atoms with Crippen molar-refractivity contribution in [1.82, 2.24) is 9.62 Å². The van der Waals surface area contributed by atoms with Gasteiger partial charge in [-0.2, -0.15) is 0 Å². The van der Waals surface area contributed by atoms with Crippen LogP contribution in [-0.4, -0.2) is 49.7 Å². The quantitative estimate of drug-likeness (QED) is 0.771. The molecule has 1 aliphatic heterocycles. The van der Waals surface area contributed by atoms with Gasteiger partial charge in [-0.05, 0) is 30.0 Å². The molecule has 1 amide bonds. The van der Waals surface area contributed by atoms with E-state index < -0.39 is 27.1 Å². The van der Waals surface area contributed by atoms with E-state index in [1.807, 2.05) is 26.0 Å². The number of benzene rings is 1. The van der Waals surface area contributed by atoms with Gasteiger partial charge in [0.25, 0.3) is 0 Å². The van der Waals surface area contributed by atoms with Gasteiger partial charge in [0, 0.05) is 23.5 Å². The number of sulfonamides is 1. The first kappa shape index (κ1) is 22.1. The number of hydrogen-bond acceptors (Lipinski definition) is 4. The van der Waals surface area contributed by atoms with Crippen LogP contribution >= 0.6 is 11.6 Å². The van der Waals surface area contributed by atoms with Gasteiger partial charge in [0.15, 0.2) is 0 Å². The molecule has 2 rings (SSSR count). The van der Waals surface area contributed by atoms with Crippen molar-refractivity contribution in [3.63, 3.8) is 0 Å². The summed E-state index contributed by atoms with van der Waals surface area (Å²) in [5, 5.41) is 12.0. The second-order valence-electron chi connectivity index (χ2n) is 8.37. The lowest BCUT2D eigenvalue weighted by Crippen LogP contribution is -2.60. The number of nitrogens with one attached hydrogen (secondary N) is 1. The van der Waals surface area contributed by atoms with E-state index in [0.717, 1.165) is 11.8 Å². The number of carbonyl (C=O) groups is 1. The molecule has 1 fully saturated rings. The molecule has 1 aromatic rings. The predicted octanol–water partition coefficient (Wildman–Crippen LogP) is 2.36. The first-order valence-corrected chi connectivity index (χ1v) is 11.3. The van der Waals surface area contributed by atoms with Crippen molar-refractivity contribution >= 4 is 27.5 Å². The Morgan fingerprint density at radius 2 is 1.81 bits per heavy atom. The van der Waals surface area contributed by atoms with E-state index in [1.54, 1.807) is 30.9 Å². The molecule has 0 aliphatic carbocycles. The molecule has 6 nitrogen and oxygen atoms in total. The molecular weight excluding hydrogens is 388 g/mol. The summed E-state index contributed by atoms with van der Waals surface area (Å²) in [4.78, 5) is 14.6. The van der Waals surface area contributed by atoms with Crippen LogP contribution in [0.4, 0.5) is 0 Å². The molecule has 0 radical (unpaired) electrons. The zero-order valence-corrected chi connectivity index (χ0v) is 18.1. The zero-order valence-electron chi connectivity index (χ0n) is 16.5. The SMILES string of the molecule is CC(C)[C@@H](NS(C)(=O)=O)C(=O)N1CC[C@](O)(c2ccc(Cl)cc2)C(C)(C)C1. The molecular formula is C19H29ClN2O4S. The van der Waals surface area contributed by atoms with Crippen molar-refractivity contribution in [2.75, 3.05) is 19.3 Å². The number of amides is 1. The number of likely N-dealkylation sites (tertiary alicyclic amines) is 1.